The highest BCUT2D eigenvalue weighted by Crippen LogP contribution is 2.12. The fourth-order valence-electron chi connectivity index (χ4n) is 3.38. The molecule has 25 heavy (non-hydrogen) atoms. The van der Waals surface area contributed by atoms with Crippen molar-refractivity contribution >= 4 is 5.97 Å². The summed E-state index contributed by atoms with van der Waals surface area (Å²) in [5.74, 6) is -0.665. The molecule has 0 aliphatic heterocycles. The first kappa shape index (κ1) is 24.4. The van der Waals surface area contributed by atoms with Gasteiger partial charge in [0.25, 0.3) is 0 Å². The SMILES string of the molecule is CCCCCCCCCCNC(CCCCCCCC)CCC(=O)O. The van der Waals surface area contributed by atoms with E-state index in [9.17, 15) is 4.79 Å². The van der Waals surface area contributed by atoms with Gasteiger partial charge in [-0.25, -0.2) is 0 Å². The molecule has 0 aliphatic rings. The minimum atomic E-state index is -0.665. The fourth-order valence-corrected chi connectivity index (χ4v) is 3.38. The molecule has 1 atom stereocenters. The largest absolute Gasteiger partial charge is 0.481 e. The normalized spacial score (nSPS) is 12.4. The Bertz CT molecular complexity index is 281. The second-order valence-corrected chi connectivity index (χ2v) is 7.61. The van der Waals surface area contributed by atoms with E-state index in [0.717, 1.165) is 19.4 Å². The highest BCUT2D eigenvalue weighted by atomic mass is 16.4. The lowest BCUT2D eigenvalue weighted by Gasteiger charge is -2.18. The van der Waals surface area contributed by atoms with E-state index < -0.39 is 5.97 Å². The van der Waals surface area contributed by atoms with Crippen molar-refractivity contribution in [3.8, 4) is 0 Å². The van der Waals surface area contributed by atoms with E-state index in [0.29, 0.717) is 12.5 Å². The zero-order valence-corrected chi connectivity index (χ0v) is 17.2. The van der Waals surface area contributed by atoms with Crippen LogP contribution in [-0.4, -0.2) is 23.7 Å². The van der Waals surface area contributed by atoms with E-state index >= 15 is 0 Å². The standard InChI is InChI=1S/C22H45NO2/c1-3-5-7-9-11-12-14-16-20-23-21(18-19-22(24)25)17-15-13-10-8-6-4-2/h21,23H,3-20H2,1-2H3,(H,24,25). The summed E-state index contributed by atoms with van der Waals surface area (Å²) < 4.78 is 0. The first-order chi connectivity index (χ1) is 12.2. The second kappa shape index (κ2) is 19.8. The third-order valence-electron chi connectivity index (χ3n) is 5.08. The minimum Gasteiger partial charge on any atom is -0.481 e. The van der Waals surface area contributed by atoms with Crippen LogP contribution in [0.5, 0.6) is 0 Å². The summed E-state index contributed by atoms with van der Waals surface area (Å²) in [6.45, 7) is 5.56. The quantitative estimate of drug-likeness (QED) is 0.239. The van der Waals surface area contributed by atoms with Crippen LogP contribution in [0.3, 0.4) is 0 Å². The average molecular weight is 356 g/mol. The number of unbranched alkanes of at least 4 members (excludes halogenated alkanes) is 12. The Balaban J connectivity index is 3.67. The molecule has 2 N–H and O–H groups in total. The molecule has 0 spiro atoms. The zero-order chi connectivity index (χ0) is 18.6. The molecule has 0 saturated carbocycles. The molecule has 0 rings (SSSR count). The topological polar surface area (TPSA) is 49.3 Å². The number of rotatable bonds is 20. The van der Waals surface area contributed by atoms with Gasteiger partial charge in [0.05, 0.1) is 0 Å². The summed E-state index contributed by atoms with van der Waals surface area (Å²) in [4.78, 5) is 10.8. The third kappa shape index (κ3) is 19.6. The molecule has 3 nitrogen and oxygen atoms in total. The molecule has 0 aromatic carbocycles. The molecular weight excluding hydrogens is 310 g/mol. The van der Waals surface area contributed by atoms with Crippen LogP contribution in [-0.2, 0) is 4.79 Å². The van der Waals surface area contributed by atoms with Gasteiger partial charge in [0.1, 0.15) is 0 Å². The summed E-state index contributed by atoms with van der Waals surface area (Å²) in [5.41, 5.74) is 0. The lowest BCUT2D eigenvalue weighted by Crippen LogP contribution is -2.30. The number of nitrogens with one attached hydrogen (secondary N) is 1. The number of hydrogen-bond acceptors (Lipinski definition) is 2. The summed E-state index contributed by atoms with van der Waals surface area (Å²) in [5, 5.41) is 12.6. The lowest BCUT2D eigenvalue weighted by atomic mass is 10.0. The summed E-state index contributed by atoms with van der Waals surface area (Å²) in [6.07, 6.45) is 20.8. The third-order valence-corrected chi connectivity index (χ3v) is 5.08. The van der Waals surface area contributed by atoms with E-state index in [1.165, 1.54) is 89.9 Å². The zero-order valence-electron chi connectivity index (χ0n) is 17.2. The molecule has 0 bridgehead atoms. The molecular formula is C22H45NO2. The molecule has 0 aromatic rings. The highest BCUT2D eigenvalue weighted by Gasteiger charge is 2.10. The maximum absolute atomic E-state index is 10.8. The van der Waals surface area contributed by atoms with Crippen LogP contribution in [0.2, 0.25) is 0 Å². The second-order valence-electron chi connectivity index (χ2n) is 7.61. The van der Waals surface area contributed by atoms with Gasteiger partial charge in [-0.3, -0.25) is 4.79 Å². The van der Waals surface area contributed by atoms with Crippen LogP contribution in [0.1, 0.15) is 123 Å². The number of carboxylic acids is 1. The van der Waals surface area contributed by atoms with Crippen molar-refractivity contribution in [3.63, 3.8) is 0 Å². The number of carboxylic acid groups (broad SMARTS) is 1. The van der Waals surface area contributed by atoms with Crippen molar-refractivity contribution in [2.24, 2.45) is 0 Å². The van der Waals surface area contributed by atoms with Crippen molar-refractivity contribution in [2.75, 3.05) is 6.54 Å². The Labute approximate surface area is 157 Å². The predicted molar refractivity (Wildman–Crippen MR) is 109 cm³/mol. The van der Waals surface area contributed by atoms with E-state index in [2.05, 4.69) is 19.2 Å². The molecule has 0 aliphatic carbocycles. The first-order valence-electron chi connectivity index (χ1n) is 11.2. The maximum Gasteiger partial charge on any atom is 0.303 e. The lowest BCUT2D eigenvalue weighted by molar-refractivity contribution is -0.137. The Morgan fingerprint density at radius 2 is 1.20 bits per heavy atom. The van der Waals surface area contributed by atoms with E-state index in [-0.39, 0.29) is 0 Å². The van der Waals surface area contributed by atoms with Gasteiger partial charge in [0.2, 0.25) is 0 Å². The molecule has 1 unspecified atom stereocenters. The molecule has 150 valence electrons. The van der Waals surface area contributed by atoms with Gasteiger partial charge in [-0.05, 0) is 25.8 Å². The Kier molecular flexibility index (Phi) is 19.3. The first-order valence-corrected chi connectivity index (χ1v) is 11.2. The van der Waals surface area contributed by atoms with Gasteiger partial charge >= 0.3 is 5.97 Å². The maximum atomic E-state index is 10.8. The molecule has 0 amide bonds. The average Bonchev–Trinajstić information content (AvgIpc) is 2.60. The van der Waals surface area contributed by atoms with Gasteiger partial charge in [0.15, 0.2) is 0 Å². The predicted octanol–water partition coefficient (Wildman–Crippen LogP) is 6.70. The summed E-state index contributed by atoms with van der Waals surface area (Å²) >= 11 is 0. The number of aliphatic carboxylic acids is 1. The number of carbonyl (C=O) groups is 1. The van der Waals surface area contributed by atoms with Gasteiger partial charge in [-0.2, -0.15) is 0 Å². The molecule has 0 radical (unpaired) electrons. The molecule has 0 aromatic heterocycles. The van der Waals surface area contributed by atoms with Crippen LogP contribution in [0.4, 0.5) is 0 Å². The van der Waals surface area contributed by atoms with Crippen molar-refractivity contribution in [1.29, 1.82) is 0 Å². The van der Waals surface area contributed by atoms with Gasteiger partial charge in [-0.15, -0.1) is 0 Å². The van der Waals surface area contributed by atoms with E-state index in [1.807, 2.05) is 0 Å². The van der Waals surface area contributed by atoms with Crippen LogP contribution < -0.4 is 5.32 Å². The van der Waals surface area contributed by atoms with Gasteiger partial charge in [0, 0.05) is 12.5 Å². The van der Waals surface area contributed by atoms with E-state index in [4.69, 9.17) is 5.11 Å². The van der Waals surface area contributed by atoms with Crippen molar-refractivity contribution in [2.45, 2.75) is 129 Å². The Hall–Kier alpha value is -0.570. The van der Waals surface area contributed by atoms with Crippen molar-refractivity contribution in [3.05, 3.63) is 0 Å². The van der Waals surface area contributed by atoms with E-state index in [1.54, 1.807) is 0 Å². The summed E-state index contributed by atoms with van der Waals surface area (Å²) in [7, 11) is 0. The monoisotopic (exact) mass is 355 g/mol. The van der Waals surface area contributed by atoms with Gasteiger partial charge < -0.3 is 10.4 Å². The highest BCUT2D eigenvalue weighted by molar-refractivity contribution is 5.66. The van der Waals surface area contributed by atoms with Crippen LogP contribution in [0.15, 0.2) is 0 Å². The van der Waals surface area contributed by atoms with Crippen molar-refractivity contribution < 1.29 is 9.90 Å². The summed E-state index contributed by atoms with van der Waals surface area (Å²) in [6, 6.07) is 0.395. The fraction of sp³-hybridized carbons (Fsp3) is 0.955. The Morgan fingerprint density at radius 3 is 1.72 bits per heavy atom. The van der Waals surface area contributed by atoms with Crippen LogP contribution in [0.25, 0.3) is 0 Å². The molecule has 0 fully saturated rings. The van der Waals surface area contributed by atoms with Crippen LogP contribution >= 0.6 is 0 Å². The molecule has 3 heteroatoms. The minimum absolute atomic E-state index is 0.297. The Morgan fingerprint density at radius 1 is 0.720 bits per heavy atom. The molecule has 0 saturated heterocycles. The molecule has 0 heterocycles. The van der Waals surface area contributed by atoms with Crippen molar-refractivity contribution in [1.82, 2.24) is 5.32 Å². The van der Waals surface area contributed by atoms with Crippen LogP contribution in [0, 0.1) is 0 Å². The van der Waals surface area contributed by atoms with Gasteiger partial charge in [-0.1, -0.05) is 97.3 Å². The number of hydrogen-bond donors (Lipinski definition) is 2. The smallest absolute Gasteiger partial charge is 0.303 e.